The van der Waals surface area contributed by atoms with Gasteiger partial charge in [0.05, 0.1) is 18.4 Å². The van der Waals surface area contributed by atoms with Crippen molar-refractivity contribution >= 4 is 22.5 Å². The summed E-state index contributed by atoms with van der Waals surface area (Å²) >= 11 is 0. The SMILES string of the molecule is COC(=O)c1ccc(C(=O)Cc2ccc(C[SH](=O)=O)cc2)cc1. The Hall–Kier alpha value is -2.47. The van der Waals surface area contributed by atoms with Crippen LogP contribution in [-0.2, 0) is 27.6 Å². The van der Waals surface area contributed by atoms with E-state index in [0.717, 1.165) is 5.56 Å². The third-order valence-corrected chi connectivity index (χ3v) is 3.95. The highest BCUT2D eigenvalue weighted by atomic mass is 32.2. The molecule has 0 aliphatic heterocycles. The summed E-state index contributed by atoms with van der Waals surface area (Å²) in [4.78, 5) is 23.6. The van der Waals surface area contributed by atoms with E-state index in [1.54, 1.807) is 48.5 Å². The molecule has 0 atom stereocenters. The molecule has 0 unspecified atom stereocenters. The molecule has 0 fully saturated rings. The Morgan fingerprint density at radius 1 is 0.870 bits per heavy atom. The number of thiol groups is 1. The first-order valence-electron chi connectivity index (χ1n) is 6.91. The van der Waals surface area contributed by atoms with Crippen LogP contribution in [0.5, 0.6) is 0 Å². The van der Waals surface area contributed by atoms with Gasteiger partial charge in [-0.05, 0) is 23.3 Å². The lowest BCUT2D eigenvalue weighted by Crippen LogP contribution is -2.05. The average molecular weight is 332 g/mol. The van der Waals surface area contributed by atoms with Crippen LogP contribution >= 0.6 is 0 Å². The summed E-state index contributed by atoms with van der Waals surface area (Å²) in [7, 11) is -1.15. The highest BCUT2D eigenvalue weighted by Gasteiger charge is 2.10. The number of ether oxygens (including phenoxy) is 1. The lowest BCUT2D eigenvalue weighted by Gasteiger charge is -2.04. The summed E-state index contributed by atoms with van der Waals surface area (Å²) < 4.78 is 25.9. The molecule has 2 aromatic rings. The van der Waals surface area contributed by atoms with Crippen LogP contribution in [0.4, 0.5) is 0 Å². The molecule has 23 heavy (non-hydrogen) atoms. The highest BCUT2D eigenvalue weighted by Crippen LogP contribution is 2.12. The molecular formula is C17H16O5S. The minimum atomic E-state index is -2.45. The zero-order valence-electron chi connectivity index (χ0n) is 12.5. The smallest absolute Gasteiger partial charge is 0.337 e. The van der Waals surface area contributed by atoms with Gasteiger partial charge in [-0.1, -0.05) is 36.4 Å². The molecule has 0 saturated heterocycles. The van der Waals surface area contributed by atoms with Crippen molar-refractivity contribution in [1.82, 2.24) is 0 Å². The summed E-state index contributed by atoms with van der Waals surface area (Å²) in [6.45, 7) is 0. The lowest BCUT2D eigenvalue weighted by atomic mass is 10.0. The van der Waals surface area contributed by atoms with E-state index < -0.39 is 16.7 Å². The Kier molecular flexibility index (Phi) is 5.65. The number of benzene rings is 2. The number of methoxy groups -OCH3 is 1. The molecule has 0 N–H and O–H groups in total. The van der Waals surface area contributed by atoms with E-state index >= 15 is 0 Å². The Morgan fingerprint density at radius 3 is 1.91 bits per heavy atom. The number of hydrogen-bond acceptors (Lipinski definition) is 5. The number of hydrogen-bond donors (Lipinski definition) is 1. The van der Waals surface area contributed by atoms with E-state index in [1.165, 1.54) is 7.11 Å². The van der Waals surface area contributed by atoms with Crippen molar-refractivity contribution in [1.29, 1.82) is 0 Å². The normalized spacial score (nSPS) is 10.5. The number of Topliss-reactive ketones (excluding diaryl/α,β-unsaturated/α-hetero) is 1. The number of carbonyl (C=O) groups is 2. The maximum absolute atomic E-state index is 12.2. The van der Waals surface area contributed by atoms with Crippen LogP contribution in [0.15, 0.2) is 48.5 Å². The molecule has 0 bridgehead atoms. The van der Waals surface area contributed by atoms with Crippen LogP contribution in [0.1, 0.15) is 31.8 Å². The highest BCUT2D eigenvalue weighted by molar-refractivity contribution is 7.71. The van der Waals surface area contributed by atoms with E-state index in [1.807, 2.05) is 0 Å². The second kappa shape index (κ2) is 7.69. The van der Waals surface area contributed by atoms with Crippen LogP contribution in [0.25, 0.3) is 0 Å². The Labute approximate surface area is 135 Å². The molecule has 0 amide bonds. The molecule has 0 heterocycles. The number of esters is 1. The molecule has 6 heteroatoms. The molecule has 0 saturated carbocycles. The second-order valence-corrected chi connectivity index (χ2v) is 5.96. The van der Waals surface area contributed by atoms with Gasteiger partial charge in [-0.2, -0.15) is 0 Å². The maximum Gasteiger partial charge on any atom is 0.337 e. The van der Waals surface area contributed by atoms with Gasteiger partial charge >= 0.3 is 5.97 Å². The van der Waals surface area contributed by atoms with E-state index in [-0.39, 0.29) is 18.0 Å². The zero-order chi connectivity index (χ0) is 16.8. The van der Waals surface area contributed by atoms with E-state index in [4.69, 9.17) is 0 Å². The summed E-state index contributed by atoms with van der Waals surface area (Å²) in [5.41, 5.74) is 2.39. The largest absolute Gasteiger partial charge is 0.465 e. The van der Waals surface area contributed by atoms with E-state index in [0.29, 0.717) is 16.7 Å². The second-order valence-electron chi connectivity index (χ2n) is 4.98. The summed E-state index contributed by atoms with van der Waals surface area (Å²) in [6.07, 6.45) is 0.210. The van der Waals surface area contributed by atoms with Crippen molar-refractivity contribution in [2.45, 2.75) is 12.2 Å². The van der Waals surface area contributed by atoms with Crippen LogP contribution < -0.4 is 0 Å². The third kappa shape index (κ3) is 4.75. The van der Waals surface area contributed by atoms with Gasteiger partial charge in [0, 0.05) is 12.0 Å². The first-order valence-corrected chi connectivity index (χ1v) is 8.27. The topological polar surface area (TPSA) is 77.5 Å². The molecule has 5 nitrogen and oxygen atoms in total. The first kappa shape index (κ1) is 16.9. The fourth-order valence-electron chi connectivity index (χ4n) is 2.11. The van der Waals surface area contributed by atoms with Gasteiger partial charge < -0.3 is 4.74 Å². The molecule has 0 radical (unpaired) electrons. The predicted molar refractivity (Wildman–Crippen MR) is 86.3 cm³/mol. The number of carbonyl (C=O) groups excluding carboxylic acids is 2. The maximum atomic E-state index is 12.2. The molecule has 0 aliphatic rings. The molecular weight excluding hydrogens is 316 g/mol. The summed E-state index contributed by atoms with van der Waals surface area (Å²) in [5, 5.41) is 0. The first-order chi connectivity index (χ1) is 11.0. The quantitative estimate of drug-likeness (QED) is 0.497. The van der Waals surface area contributed by atoms with Crippen molar-refractivity contribution in [3.8, 4) is 0 Å². The van der Waals surface area contributed by atoms with Crippen molar-refractivity contribution in [3.05, 3.63) is 70.8 Å². The van der Waals surface area contributed by atoms with Crippen molar-refractivity contribution < 1.29 is 22.7 Å². The van der Waals surface area contributed by atoms with Gasteiger partial charge in [-0.15, -0.1) is 0 Å². The predicted octanol–water partition coefficient (Wildman–Crippen LogP) is 2.01. The van der Waals surface area contributed by atoms with Crippen LogP contribution in [0.2, 0.25) is 0 Å². The Bertz CT molecular complexity index is 766. The van der Waals surface area contributed by atoms with Gasteiger partial charge in [0.25, 0.3) is 0 Å². The average Bonchev–Trinajstić information content (AvgIpc) is 2.55. The van der Waals surface area contributed by atoms with Crippen LogP contribution in [0, 0.1) is 0 Å². The zero-order valence-corrected chi connectivity index (χ0v) is 13.4. The Morgan fingerprint density at radius 2 is 1.39 bits per heavy atom. The van der Waals surface area contributed by atoms with Crippen LogP contribution in [0.3, 0.4) is 0 Å². The van der Waals surface area contributed by atoms with Gasteiger partial charge in [0.15, 0.2) is 5.78 Å². The molecule has 0 spiro atoms. The summed E-state index contributed by atoms with van der Waals surface area (Å²) in [6, 6.07) is 13.2. The van der Waals surface area contributed by atoms with E-state index in [2.05, 4.69) is 4.74 Å². The van der Waals surface area contributed by atoms with Crippen molar-refractivity contribution in [3.63, 3.8) is 0 Å². The molecule has 2 aromatic carbocycles. The number of ketones is 1. The Balaban J connectivity index is 2.05. The van der Waals surface area contributed by atoms with Gasteiger partial charge in [-0.25, -0.2) is 13.2 Å². The van der Waals surface area contributed by atoms with Crippen molar-refractivity contribution in [2.24, 2.45) is 0 Å². The van der Waals surface area contributed by atoms with Gasteiger partial charge in [-0.3, -0.25) is 4.79 Å². The van der Waals surface area contributed by atoms with Gasteiger partial charge in [0.1, 0.15) is 10.7 Å². The lowest BCUT2D eigenvalue weighted by molar-refractivity contribution is 0.0600. The fourth-order valence-corrected chi connectivity index (χ4v) is 2.62. The van der Waals surface area contributed by atoms with Crippen molar-refractivity contribution in [2.75, 3.05) is 7.11 Å². The fraction of sp³-hybridized carbons (Fsp3) is 0.176. The van der Waals surface area contributed by atoms with E-state index in [9.17, 15) is 18.0 Å². The molecule has 0 aliphatic carbocycles. The minimum absolute atomic E-state index is 0.00144. The third-order valence-electron chi connectivity index (χ3n) is 3.33. The minimum Gasteiger partial charge on any atom is -0.465 e. The van der Waals surface area contributed by atoms with Crippen LogP contribution in [-0.4, -0.2) is 27.3 Å². The standard InChI is InChI=1S/C17H16O5S/c1-22-17(19)15-8-6-14(7-9-15)16(18)10-12-2-4-13(5-3-12)11-23(20)21/h2-9,23H,10-11H2,1H3. The number of rotatable bonds is 6. The molecule has 0 aromatic heterocycles. The monoisotopic (exact) mass is 332 g/mol. The molecule has 2 rings (SSSR count). The molecule has 120 valence electrons. The summed E-state index contributed by atoms with van der Waals surface area (Å²) in [5.74, 6) is -0.529. The van der Waals surface area contributed by atoms with Gasteiger partial charge in [0.2, 0.25) is 0 Å².